The lowest BCUT2D eigenvalue weighted by molar-refractivity contribution is 0.550. The lowest BCUT2D eigenvalue weighted by Gasteiger charge is -2.18. The van der Waals surface area contributed by atoms with E-state index < -0.39 is 0 Å². The predicted molar refractivity (Wildman–Crippen MR) is 88.3 cm³/mol. The Morgan fingerprint density at radius 1 is 1.15 bits per heavy atom. The molecule has 0 aromatic heterocycles. The second-order valence-corrected chi connectivity index (χ2v) is 5.86. The van der Waals surface area contributed by atoms with Crippen molar-refractivity contribution in [3.05, 3.63) is 69.7 Å². The monoisotopic (exact) mass is 332 g/mol. The summed E-state index contributed by atoms with van der Waals surface area (Å²) in [4.78, 5) is 0. The van der Waals surface area contributed by atoms with E-state index in [0.717, 1.165) is 23.7 Å². The fourth-order valence-corrected chi connectivity index (χ4v) is 2.86. The Labute approximate surface area is 129 Å². The SMILES string of the molecule is CCCc1cccc(C(Cc2ccccc2Br)NN)c1. The maximum atomic E-state index is 5.76. The van der Waals surface area contributed by atoms with Crippen LogP contribution >= 0.6 is 15.9 Å². The molecule has 0 heterocycles. The first-order valence-electron chi connectivity index (χ1n) is 7.03. The highest BCUT2D eigenvalue weighted by molar-refractivity contribution is 9.10. The van der Waals surface area contributed by atoms with Gasteiger partial charge in [-0.3, -0.25) is 11.3 Å². The summed E-state index contributed by atoms with van der Waals surface area (Å²) >= 11 is 3.60. The number of aryl methyl sites for hydroxylation is 1. The standard InChI is InChI=1S/C17H21BrN2/c1-2-6-13-7-5-9-15(11-13)17(20-19)12-14-8-3-4-10-16(14)18/h3-5,7-11,17,20H,2,6,12,19H2,1H3. The van der Waals surface area contributed by atoms with Crippen molar-refractivity contribution in [1.82, 2.24) is 5.43 Å². The average Bonchev–Trinajstić information content (AvgIpc) is 2.47. The van der Waals surface area contributed by atoms with Crippen molar-refractivity contribution in [1.29, 1.82) is 0 Å². The molecule has 0 spiro atoms. The summed E-state index contributed by atoms with van der Waals surface area (Å²) in [6, 6.07) is 17.1. The van der Waals surface area contributed by atoms with Gasteiger partial charge in [0.05, 0.1) is 6.04 Å². The van der Waals surface area contributed by atoms with Gasteiger partial charge in [0.15, 0.2) is 0 Å². The highest BCUT2D eigenvalue weighted by Crippen LogP contribution is 2.24. The fraction of sp³-hybridized carbons (Fsp3) is 0.294. The first-order chi connectivity index (χ1) is 9.74. The molecule has 2 aromatic carbocycles. The molecule has 0 aliphatic rings. The summed E-state index contributed by atoms with van der Waals surface area (Å²) in [5.41, 5.74) is 6.82. The summed E-state index contributed by atoms with van der Waals surface area (Å²) in [7, 11) is 0. The number of nitrogens with one attached hydrogen (secondary N) is 1. The number of halogens is 1. The molecule has 0 aliphatic carbocycles. The lowest BCUT2D eigenvalue weighted by Crippen LogP contribution is -2.29. The molecule has 0 saturated heterocycles. The lowest BCUT2D eigenvalue weighted by atomic mass is 9.97. The van der Waals surface area contributed by atoms with E-state index in [1.165, 1.54) is 16.7 Å². The second-order valence-electron chi connectivity index (χ2n) is 5.01. The number of rotatable bonds is 6. The zero-order chi connectivity index (χ0) is 14.4. The minimum Gasteiger partial charge on any atom is -0.271 e. The van der Waals surface area contributed by atoms with Gasteiger partial charge in [-0.25, -0.2) is 0 Å². The van der Waals surface area contributed by atoms with E-state index in [9.17, 15) is 0 Å². The Kier molecular flexibility index (Phi) is 5.77. The topological polar surface area (TPSA) is 38.0 Å². The van der Waals surface area contributed by atoms with Crippen molar-refractivity contribution < 1.29 is 0 Å². The third-order valence-corrected chi connectivity index (χ3v) is 4.25. The summed E-state index contributed by atoms with van der Waals surface area (Å²) in [5.74, 6) is 5.76. The van der Waals surface area contributed by atoms with E-state index in [1.807, 2.05) is 6.07 Å². The van der Waals surface area contributed by atoms with Gasteiger partial charge in [-0.2, -0.15) is 0 Å². The Morgan fingerprint density at radius 3 is 2.65 bits per heavy atom. The van der Waals surface area contributed by atoms with Crippen LogP contribution in [0.2, 0.25) is 0 Å². The van der Waals surface area contributed by atoms with Crippen LogP contribution in [0.5, 0.6) is 0 Å². The van der Waals surface area contributed by atoms with E-state index in [1.54, 1.807) is 0 Å². The van der Waals surface area contributed by atoms with Gasteiger partial charge in [-0.15, -0.1) is 0 Å². The molecule has 0 aliphatic heterocycles. The minimum atomic E-state index is 0.130. The maximum absolute atomic E-state index is 5.76. The maximum Gasteiger partial charge on any atom is 0.0500 e. The predicted octanol–water partition coefficient (Wildman–Crippen LogP) is 4.15. The molecule has 3 N–H and O–H groups in total. The van der Waals surface area contributed by atoms with Crippen LogP contribution in [-0.2, 0) is 12.8 Å². The molecule has 1 atom stereocenters. The second kappa shape index (κ2) is 7.58. The Morgan fingerprint density at radius 2 is 1.95 bits per heavy atom. The van der Waals surface area contributed by atoms with Gasteiger partial charge in [-0.05, 0) is 35.6 Å². The molecule has 2 aromatic rings. The van der Waals surface area contributed by atoms with E-state index in [4.69, 9.17) is 5.84 Å². The first-order valence-corrected chi connectivity index (χ1v) is 7.82. The van der Waals surface area contributed by atoms with Crippen LogP contribution in [0.25, 0.3) is 0 Å². The molecule has 0 saturated carbocycles. The molecule has 0 bridgehead atoms. The number of hydrogen-bond donors (Lipinski definition) is 2. The van der Waals surface area contributed by atoms with Crippen LogP contribution in [0.15, 0.2) is 53.0 Å². The van der Waals surface area contributed by atoms with E-state index >= 15 is 0 Å². The average molecular weight is 333 g/mol. The van der Waals surface area contributed by atoms with Crippen LogP contribution in [0.1, 0.15) is 36.1 Å². The third kappa shape index (κ3) is 3.92. The molecular formula is C17H21BrN2. The number of nitrogens with two attached hydrogens (primary N) is 1. The molecule has 2 nitrogen and oxygen atoms in total. The van der Waals surface area contributed by atoms with Crippen molar-refractivity contribution in [3.63, 3.8) is 0 Å². The van der Waals surface area contributed by atoms with Crippen molar-refractivity contribution in [3.8, 4) is 0 Å². The largest absolute Gasteiger partial charge is 0.271 e. The van der Waals surface area contributed by atoms with Crippen LogP contribution in [0, 0.1) is 0 Å². The van der Waals surface area contributed by atoms with Gasteiger partial charge in [0.2, 0.25) is 0 Å². The van der Waals surface area contributed by atoms with Crippen LogP contribution in [-0.4, -0.2) is 0 Å². The van der Waals surface area contributed by atoms with Gasteiger partial charge in [0.1, 0.15) is 0 Å². The molecular weight excluding hydrogens is 312 g/mol. The number of hydrazine groups is 1. The van der Waals surface area contributed by atoms with E-state index in [-0.39, 0.29) is 6.04 Å². The summed E-state index contributed by atoms with van der Waals surface area (Å²) in [5, 5.41) is 0. The Balaban J connectivity index is 2.20. The van der Waals surface area contributed by atoms with Gasteiger partial charge >= 0.3 is 0 Å². The van der Waals surface area contributed by atoms with Gasteiger partial charge < -0.3 is 0 Å². The number of hydrogen-bond acceptors (Lipinski definition) is 2. The quantitative estimate of drug-likeness (QED) is 0.616. The Bertz CT molecular complexity index is 554. The first kappa shape index (κ1) is 15.2. The number of benzene rings is 2. The molecule has 2 rings (SSSR count). The molecule has 0 fully saturated rings. The molecule has 3 heteroatoms. The van der Waals surface area contributed by atoms with Gasteiger partial charge in [0.25, 0.3) is 0 Å². The van der Waals surface area contributed by atoms with Crippen molar-refractivity contribution in [2.24, 2.45) is 5.84 Å². The van der Waals surface area contributed by atoms with Crippen molar-refractivity contribution in [2.45, 2.75) is 32.2 Å². The van der Waals surface area contributed by atoms with E-state index in [2.05, 4.69) is 70.7 Å². The van der Waals surface area contributed by atoms with Gasteiger partial charge in [-0.1, -0.05) is 71.7 Å². The van der Waals surface area contributed by atoms with Crippen LogP contribution in [0.4, 0.5) is 0 Å². The Hall–Kier alpha value is -1.16. The summed E-state index contributed by atoms with van der Waals surface area (Å²) in [6.45, 7) is 2.20. The minimum absolute atomic E-state index is 0.130. The van der Waals surface area contributed by atoms with Crippen LogP contribution in [0.3, 0.4) is 0 Å². The summed E-state index contributed by atoms with van der Waals surface area (Å²) in [6.07, 6.45) is 3.14. The zero-order valence-electron chi connectivity index (χ0n) is 11.8. The fourth-order valence-electron chi connectivity index (χ4n) is 2.41. The molecule has 106 valence electrons. The highest BCUT2D eigenvalue weighted by atomic mass is 79.9. The van der Waals surface area contributed by atoms with Crippen molar-refractivity contribution >= 4 is 15.9 Å². The van der Waals surface area contributed by atoms with Gasteiger partial charge in [0, 0.05) is 4.47 Å². The normalized spacial score (nSPS) is 12.3. The van der Waals surface area contributed by atoms with Crippen LogP contribution < -0.4 is 11.3 Å². The molecule has 0 radical (unpaired) electrons. The summed E-state index contributed by atoms with van der Waals surface area (Å²) < 4.78 is 1.13. The molecule has 1 unspecified atom stereocenters. The third-order valence-electron chi connectivity index (χ3n) is 3.48. The molecule has 20 heavy (non-hydrogen) atoms. The molecule has 0 amide bonds. The van der Waals surface area contributed by atoms with E-state index in [0.29, 0.717) is 0 Å². The van der Waals surface area contributed by atoms with Crippen molar-refractivity contribution in [2.75, 3.05) is 0 Å². The highest BCUT2D eigenvalue weighted by Gasteiger charge is 2.12. The zero-order valence-corrected chi connectivity index (χ0v) is 13.4. The smallest absolute Gasteiger partial charge is 0.0500 e.